The monoisotopic (exact) mass is 416 g/mol. The molecule has 0 atom stereocenters. The molecule has 3 rings (SSSR count). The van der Waals surface area contributed by atoms with Gasteiger partial charge in [0.15, 0.2) is 11.7 Å². The number of nitrogens with one attached hydrogen (secondary N) is 2. The van der Waals surface area contributed by atoms with E-state index in [1.165, 1.54) is 12.8 Å². The summed E-state index contributed by atoms with van der Waals surface area (Å²) < 4.78 is 5.28. The second-order valence-corrected chi connectivity index (χ2v) is 4.95. The average molecular weight is 416 g/mol. The van der Waals surface area contributed by atoms with Gasteiger partial charge in [-0.25, -0.2) is 9.98 Å². The Labute approximate surface area is 146 Å². The molecule has 0 spiro atoms. The molecule has 0 saturated carbocycles. The molecule has 0 bridgehead atoms. The predicted molar refractivity (Wildman–Crippen MR) is 95.1 cm³/mol. The van der Waals surface area contributed by atoms with Crippen LogP contribution < -0.4 is 5.32 Å². The summed E-state index contributed by atoms with van der Waals surface area (Å²) in [5, 5.41) is 10.4. The number of aromatic nitrogens is 3. The van der Waals surface area contributed by atoms with Crippen LogP contribution in [-0.2, 0) is 6.54 Å². The fourth-order valence-electron chi connectivity index (χ4n) is 2.39. The first kappa shape index (κ1) is 16.8. The highest BCUT2D eigenvalue weighted by Gasteiger charge is 2.15. The van der Waals surface area contributed by atoms with E-state index in [4.69, 9.17) is 4.42 Å². The SMILES string of the molecule is CCNC(=NCc1nc(-c2ccco2)n[nH]1)N1CCCC1.I. The van der Waals surface area contributed by atoms with Crippen LogP contribution in [0, 0.1) is 0 Å². The van der Waals surface area contributed by atoms with Crippen LogP contribution in [0.5, 0.6) is 0 Å². The molecular weight excluding hydrogens is 395 g/mol. The van der Waals surface area contributed by atoms with E-state index in [1.54, 1.807) is 6.26 Å². The molecule has 0 aliphatic carbocycles. The van der Waals surface area contributed by atoms with Crippen LogP contribution in [0.4, 0.5) is 0 Å². The van der Waals surface area contributed by atoms with Gasteiger partial charge >= 0.3 is 0 Å². The minimum atomic E-state index is 0. The van der Waals surface area contributed by atoms with Gasteiger partial charge in [-0.05, 0) is 31.9 Å². The van der Waals surface area contributed by atoms with Crippen LogP contribution in [-0.4, -0.2) is 45.7 Å². The maximum Gasteiger partial charge on any atom is 0.216 e. The number of hydrogen-bond acceptors (Lipinski definition) is 4. The summed E-state index contributed by atoms with van der Waals surface area (Å²) in [5.74, 6) is 2.91. The molecular formula is C14H21IN6O. The van der Waals surface area contributed by atoms with E-state index in [0.29, 0.717) is 18.1 Å². The van der Waals surface area contributed by atoms with Crippen molar-refractivity contribution in [2.75, 3.05) is 19.6 Å². The van der Waals surface area contributed by atoms with Crippen molar-refractivity contribution < 1.29 is 4.42 Å². The molecule has 1 saturated heterocycles. The molecule has 7 nitrogen and oxygen atoms in total. The molecule has 1 aliphatic rings. The first-order chi connectivity index (χ1) is 10.4. The Morgan fingerprint density at radius 3 is 2.95 bits per heavy atom. The van der Waals surface area contributed by atoms with Gasteiger partial charge in [0.2, 0.25) is 5.82 Å². The number of furan rings is 1. The molecule has 0 aromatic carbocycles. The van der Waals surface area contributed by atoms with Crippen molar-refractivity contribution in [3.05, 3.63) is 24.2 Å². The number of halogens is 1. The largest absolute Gasteiger partial charge is 0.461 e. The topological polar surface area (TPSA) is 82.3 Å². The van der Waals surface area contributed by atoms with Gasteiger partial charge in [-0.15, -0.1) is 29.1 Å². The average Bonchev–Trinajstić information content (AvgIpc) is 3.25. The first-order valence-electron chi connectivity index (χ1n) is 7.35. The Morgan fingerprint density at radius 1 is 1.45 bits per heavy atom. The van der Waals surface area contributed by atoms with Gasteiger partial charge in [0.05, 0.1) is 6.26 Å². The van der Waals surface area contributed by atoms with E-state index in [0.717, 1.165) is 31.4 Å². The predicted octanol–water partition coefficient (Wildman–Crippen LogP) is 2.24. The number of aromatic amines is 1. The molecule has 0 unspecified atom stereocenters. The maximum atomic E-state index is 5.28. The second-order valence-electron chi connectivity index (χ2n) is 4.95. The molecule has 2 N–H and O–H groups in total. The highest BCUT2D eigenvalue weighted by Crippen LogP contribution is 2.14. The lowest BCUT2D eigenvalue weighted by molar-refractivity contribution is 0.493. The van der Waals surface area contributed by atoms with E-state index >= 15 is 0 Å². The van der Waals surface area contributed by atoms with Gasteiger partial charge in [-0.3, -0.25) is 5.10 Å². The second kappa shape index (κ2) is 8.16. The number of rotatable bonds is 4. The minimum absolute atomic E-state index is 0. The minimum Gasteiger partial charge on any atom is -0.461 e. The quantitative estimate of drug-likeness (QED) is 0.454. The number of likely N-dealkylation sites (tertiary alicyclic amines) is 1. The normalized spacial score (nSPS) is 15.0. The van der Waals surface area contributed by atoms with Crippen LogP contribution in [0.1, 0.15) is 25.6 Å². The number of hydrogen-bond donors (Lipinski definition) is 2. The highest BCUT2D eigenvalue weighted by molar-refractivity contribution is 14.0. The van der Waals surface area contributed by atoms with Gasteiger partial charge in [0, 0.05) is 19.6 Å². The summed E-state index contributed by atoms with van der Waals surface area (Å²) in [7, 11) is 0. The smallest absolute Gasteiger partial charge is 0.216 e. The van der Waals surface area contributed by atoms with Crippen molar-refractivity contribution in [1.29, 1.82) is 0 Å². The summed E-state index contributed by atoms with van der Waals surface area (Å²) in [5.41, 5.74) is 0. The summed E-state index contributed by atoms with van der Waals surface area (Å²) in [6, 6.07) is 3.66. The lowest BCUT2D eigenvalue weighted by Crippen LogP contribution is -2.39. The fraction of sp³-hybridized carbons (Fsp3) is 0.500. The Hall–Kier alpha value is -1.58. The van der Waals surface area contributed by atoms with Gasteiger partial charge < -0.3 is 14.6 Å². The molecule has 120 valence electrons. The summed E-state index contributed by atoms with van der Waals surface area (Å²) in [6.07, 6.45) is 4.07. The molecule has 8 heteroatoms. The van der Waals surface area contributed by atoms with E-state index in [9.17, 15) is 0 Å². The molecule has 22 heavy (non-hydrogen) atoms. The lowest BCUT2D eigenvalue weighted by atomic mass is 10.4. The third-order valence-electron chi connectivity index (χ3n) is 3.39. The van der Waals surface area contributed by atoms with Crippen molar-refractivity contribution in [1.82, 2.24) is 25.4 Å². The van der Waals surface area contributed by atoms with Gasteiger partial charge in [0.1, 0.15) is 12.4 Å². The van der Waals surface area contributed by atoms with Gasteiger partial charge in [0.25, 0.3) is 0 Å². The zero-order valence-corrected chi connectivity index (χ0v) is 14.9. The Bertz CT molecular complexity index is 588. The van der Waals surface area contributed by atoms with E-state index in [2.05, 4.69) is 37.3 Å². The standard InChI is InChI=1S/C14H20N6O.HI/c1-2-15-14(20-7-3-4-8-20)16-10-12-17-13(19-18-12)11-6-5-9-21-11;/h5-6,9H,2-4,7-8,10H2,1H3,(H,15,16)(H,17,18,19);1H. The molecule has 2 aromatic rings. The van der Waals surface area contributed by atoms with Crippen LogP contribution in [0.2, 0.25) is 0 Å². The van der Waals surface area contributed by atoms with E-state index < -0.39 is 0 Å². The zero-order valence-electron chi connectivity index (χ0n) is 12.6. The van der Waals surface area contributed by atoms with Crippen molar-refractivity contribution in [2.45, 2.75) is 26.3 Å². The molecule has 2 aromatic heterocycles. The Morgan fingerprint density at radius 2 is 2.27 bits per heavy atom. The van der Waals surface area contributed by atoms with E-state index in [1.807, 2.05) is 12.1 Å². The molecule has 3 heterocycles. The molecule has 0 amide bonds. The summed E-state index contributed by atoms with van der Waals surface area (Å²) in [6.45, 7) is 5.56. The van der Waals surface area contributed by atoms with Crippen LogP contribution in [0.15, 0.2) is 27.8 Å². The van der Waals surface area contributed by atoms with Crippen molar-refractivity contribution in [3.63, 3.8) is 0 Å². The summed E-state index contributed by atoms with van der Waals surface area (Å²) in [4.78, 5) is 11.3. The summed E-state index contributed by atoms with van der Waals surface area (Å²) >= 11 is 0. The number of nitrogens with zero attached hydrogens (tertiary/aromatic N) is 4. The van der Waals surface area contributed by atoms with E-state index in [-0.39, 0.29) is 24.0 Å². The lowest BCUT2D eigenvalue weighted by Gasteiger charge is -2.20. The van der Waals surface area contributed by atoms with Crippen molar-refractivity contribution in [3.8, 4) is 11.6 Å². The third kappa shape index (κ3) is 3.99. The highest BCUT2D eigenvalue weighted by atomic mass is 127. The van der Waals surface area contributed by atoms with Crippen LogP contribution in [0.3, 0.4) is 0 Å². The number of H-pyrrole nitrogens is 1. The molecule has 1 aliphatic heterocycles. The molecule has 0 radical (unpaired) electrons. The van der Waals surface area contributed by atoms with Gasteiger partial charge in [-0.1, -0.05) is 0 Å². The fourth-order valence-corrected chi connectivity index (χ4v) is 2.39. The number of aliphatic imine (C=N–C) groups is 1. The first-order valence-corrected chi connectivity index (χ1v) is 7.35. The van der Waals surface area contributed by atoms with Gasteiger partial charge in [-0.2, -0.15) is 0 Å². The Kier molecular flexibility index (Phi) is 6.22. The van der Waals surface area contributed by atoms with Crippen molar-refractivity contribution in [2.24, 2.45) is 4.99 Å². The maximum absolute atomic E-state index is 5.28. The van der Waals surface area contributed by atoms with Crippen molar-refractivity contribution >= 4 is 29.9 Å². The Balaban J connectivity index is 0.00000176. The molecule has 1 fully saturated rings. The zero-order chi connectivity index (χ0) is 14.5. The van der Waals surface area contributed by atoms with Crippen LogP contribution >= 0.6 is 24.0 Å². The third-order valence-corrected chi connectivity index (χ3v) is 3.39. The van der Waals surface area contributed by atoms with Crippen LogP contribution in [0.25, 0.3) is 11.6 Å². The number of guanidine groups is 1.